The van der Waals surface area contributed by atoms with Crippen molar-refractivity contribution in [1.82, 2.24) is 9.80 Å². The number of hydrogen-bond acceptors (Lipinski definition) is 4. The van der Waals surface area contributed by atoms with Gasteiger partial charge in [-0.2, -0.15) is 0 Å². The van der Waals surface area contributed by atoms with Gasteiger partial charge in [0.1, 0.15) is 12.4 Å². The lowest BCUT2D eigenvalue weighted by atomic mass is 10.1. The maximum atomic E-state index is 12.5. The molecule has 1 fully saturated rings. The van der Waals surface area contributed by atoms with Crippen LogP contribution >= 0.6 is 0 Å². The van der Waals surface area contributed by atoms with Crippen LogP contribution in [0.4, 0.5) is 0 Å². The maximum Gasteiger partial charge on any atom is 0.236 e. The van der Waals surface area contributed by atoms with Crippen LogP contribution in [0.25, 0.3) is 0 Å². The Balaban J connectivity index is 1.52. The van der Waals surface area contributed by atoms with Gasteiger partial charge in [-0.05, 0) is 25.3 Å². The number of nitrogens with zero attached hydrogens (tertiary/aromatic N) is 2. The quantitative estimate of drug-likeness (QED) is 0.850. The highest BCUT2D eigenvalue weighted by Gasteiger charge is 2.22. The zero-order valence-corrected chi connectivity index (χ0v) is 13.9. The van der Waals surface area contributed by atoms with Crippen LogP contribution in [0.2, 0.25) is 0 Å². The molecule has 0 aromatic heterocycles. The standard InChI is InChI=1S/C18H26N2O3/c1-19(13-16-7-4-5-10-22-16)18(21)14-20-9-11-23-17-8-3-2-6-15(17)12-20/h2-3,6,8,16H,4-5,7,9-14H2,1H3/t16-/m1/s1. The number of ether oxygens (including phenoxy) is 2. The lowest BCUT2D eigenvalue weighted by molar-refractivity contribution is -0.133. The minimum absolute atomic E-state index is 0.151. The van der Waals surface area contributed by atoms with Crippen molar-refractivity contribution in [3.05, 3.63) is 29.8 Å². The van der Waals surface area contributed by atoms with E-state index < -0.39 is 0 Å². The molecule has 2 aliphatic rings. The molecule has 126 valence electrons. The summed E-state index contributed by atoms with van der Waals surface area (Å²) in [5.41, 5.74) is 1.15. The van der Waals surface area contributed by atoms with Crippen LogP contribution in [0.1, 0.15) is 24.8 Å². The average molecular weight is 318 g/mol. The van der Waals surface area contributed by atoms with E-state index in [0.717, 1.165) is 43.9 Å². The highest BCUT2D eigenvalue weighted by molar-refractivity contribution is 5.78. The maximum absolute atomic E-state index is 12.5. The van der Waals surface area contributed by atoms with Crippen molar-refractivity contribution >= 4 is 5.91 Å². The summed E-state index contributed by atoms with van der Waals surface area (Å²) in [4.78, 5) is 16.5. The highest BCUT2D eigenvalue weighted by Crippen LogP contribution is 2.22. The predicted molar refractivity (Wildman–Crippen MR) is 88.4 cm³/mol. The largest absolute Gasteiger partial charge is 0.492 e. The van der Waals surface area contributed by atoms with E-state index in [-0.39, 0.29) is 12.0 Å². The van der Waals surface area contributed by atoms with Crippen LogP contribution in [0.15, 0.2) is 24.3 Å². The summed E-state index contributed by atoms with van der Waals surface area (Å²) in [6.07, 6.45) is 3.60. The van der Waals surface area contributed by atoms with Crippen molar-refractivity contribution in [2.75, 3.05) is 39.9 Å². The van der Waals surface area contributed by atoms with E-state index in [1.54, 1.807) is 0 Å². The molecule has 2 aliphatic heterocycles. The summed E-state index contributed by atoms with van der Waals surface area (Å²) in [5.74, 6) is 1.09. The third-order valence-corrected chi connectivity index (χ3v) is 4.57. The Morgan fingerprint density at radius 1 is 1.30 bits per heavy atom. The molecule has 1 atom stereocenters. The Hall–Kier alpha value is -1.59. The number of amides is 1. The second-order valence-electron chi connectivity index (χ2n) is 6.43. The number of rotatable bonds is 4. The average Bonchev–Trinajstić information content (AvgIpc) is 2.77. The summed E-state index contributed by atoms with van der Waals surface area (Å²) < 4.78 is 11.5. The first kappa shape index (κ1) is 16.3. The van der Waals surface area contributed by atoms with Gasteiger partial charge in [0, 0.05) is 38.9 Å². The first-order chi connectivity index (χ1) is 11.2. The molecule has 3 rings (SSSR count). The lowest BCUT2D eigenvalue weighted by Crippen LogP contribution is -2.43. The van der Waals surface area contributed by atoms with E-state index in [9.17, 15) is 4.79 Å². The van der Waals surface area contributed by atoms with Gasteiger partial charge in [0.05, 0.1) is 12.6 Å². The van der Waals surface area contributed by atoms with Crippen molar-refractivity contribution in [2.45, 2.75) is 31.9 Å². The zero-order valence-electron chi connectivity index (χ0n) is 13.9. The number of hydrogen-bond donors (Lipinski definition) is 0. The molecule has 0 spiro atoms. The van der Waals surface area contributed by atoms with E-state index in [0.29, 0.717) is 19.7 Å². The van der Waals surface area contributed by atoms with Gasteiger partial charge in [-0.3, -0.25) is 9.69 Å². The van der Waals surface area contributed by atoms with Gasteiger partial charge in [-0.15, -0.1) is 0 Å². The van der Waals surface area contributed by atoms with Gasteiger partial charge in [0.2, 0.25) is 5.91 Å². The molecule has 1 aromatic carbocycles. The van der Waals surface area contributed by atoms with Crippen LogP contribution in [0.3, 0.4) is 0 Å². The fourth-order valence-electron chi connectivity index (χ4n) is 3.19. The monoisotopic (exact) mass is 318 g/mol. The summed E-state index contributed by atoms with van der Waals surface area (Å²) in [5, 5.41) is 0. The predicted octanol–water partition coefficient (Wildman–Crippen LogP) is 1.91. The van der Waals surface area contributed by atoms with E-state index in [4.69, 9.17) is 9.47 Å². The van der Waals surface area contributed by atoms with E-state index in [1.807, 2.05) is 30.1 Å². The Morgan fingerprint density at radius 3 is 3.00 bits per heavy atom. The zero-order chi connectivity index (χ0) is 16.1. The molecule has 1 aromatic rings. The van der Waals surface area contributed by atoms with Crippen LogP contribution < -0.4 is 4.74 Å². The first-order valence-electron chi connectivity index (χ1n) is 8.51. The first-order valence-corrected chi connectivity index (χ1v) is 8.51. The molecule has 5 heteroatoms. The SMILES string of the molecule is CN(C[C@H]1CCCCO1)C(=O)CN1CCOc2ccccc2C1. The molecule has 23 heavy (non-hydrogen) atoms. The number of carbonyl (C=O) groups excluding carboxylic acids is 1. The van der Waals surface area contributed by atoms with Gasteiger partial charge in [0.25, 0.3) is 0 Å². The number of fused-ring (bicyclic) bond motifs is 1. The van der Waals surface area contributed by atoms with Crippen molar-refractivity contribution in [2.24, 2.45) is 0 Å². The van der Waals surface area contributed by atoms with Gasteiger partial charge >= 0.3 is 0 Å². The minimum atomic E-state index is 0.151. The molecule has 1 amide bonds. The van der Waals surface area contributed by atoms with E-state index in [1.165, 1.54) is 6.42 Å². The molecular weight excluding hydrogens is 292 g/mol. The Bertz CT molecular complexity index is 529. The number of likely N-dealkylation sites (N-methyl/N-ethyl adjacent to an activating group) is 1. The summed E-state index contributed by atoms with van der Waals surface area (Å²) >= 11 is 0. The summed E-state index contributed by atoms with van der Waals surface area (Å²) in [6.45, 7) is 4.11. The van der Waals surface area contributed by atoms with E-state index in [2.05, 4.69) is 11.0 Å². The second kappa shape index (κ2) is 7.79. The fraction of sp³-hybridized carbons (Fsp3) is 0.611. The fourth-order valence-corrected chi connectivity index (χ4v) is 3.19. The van der Waals surface area contributed by atoms with Crippen LogP contribution in [0, 0.1) is 0 Å². The topological polar surface area (TPSA) is 42.0 Å². The van der Waals surface area contributed by atoms with Gasteiger partial charge in [0.15, 0.2) is 0 Å². The molecule has 1 saturated heterocycles. The van der Waals surface area contributed by atoms with Crippen molar-refractivity contribution in [3.8, 4) is 5.75 Å². The third kappa shape index (κ3) is 4.45. The van der Waals surface area contributed by atoms with Crippen LogP contribution in [-0.4, -0.2) is 61.7 Å². The van der Waals surface area contributed by atoms with Crippen LogP contribution in [-0.2, 0) is 16.1 Å². The van der Waals surface area contributed by atoms with E-state index >= 15 is 0 Å². The van der Waals surface area contributed by atoms with Crippen molar-refractivity contribution in [3.63, 3.8) is 0 Å². The summed E-state index contributed by atoms with van der Waals surface area (Å²) in [7, 11) is 1.88. The minimum Gasteiger partial charge on any atom is -0.492 e. The lowest BCUT2D eigenvalue weighted by Gasteiger charge is -2.29. The Labute approximate surface area is 138 Å². The van der Waals surface area contributed by atoms with Gasteiger partial charge < -0.3 is 14.4 Å². The highest BCUT2D eigenvalue weighted by atomic mass is 16.5. The summed E-state index contributed by atoms with van der Waals surface area (Å²) in [6, 6.07) is 8.06. The number of benzene rings is 1. The normalized spacial score (nSPS) is 21.9. The van der Waals surface area contributed by atoms with Crippen LogP contribution in [0.5, 0.6) is 5.75 Å². The molecular formula is C18H26N2O3. The molecule has 5 nitrogen and oxygen atoms in total. The van der Waals surface area contributed by atoms with Crippen molar-refractivity contribution < 1.29 is 14.3 Å². The smallest absolute Gasteiger partial charge is 0.236 e. The molecule has 0 N–H and O–H groups in total. The number of carbonyl (C=O) groups is 1. The van der Waals surface area contributed by atoms with Crippen molar-refractivity contribution in [1.29, 1.82) is 0 Å². The number of para-hydroxylation sites is 1. The van der Waals surface area contributed by atoms with Gasteiger partial charge in [-0.25, -0.2) is 0 Å². The molecule has 0 radical (unpaired) electrons. The Kier molecular flexibility index (Phi) is 5.51. The molecule has 0 unspecified atom stereocenters. The third-order valence-electron chi connectivity index (χ3n) is 4.57. The second-order valence-corrected chi connectivity index (χ2v) is 6.43. The Morgan fingerprint density at radius 2 is 2.17 bits per heavy atom. The molecule has 0 aliphatic carbocycles. The molecule has 0 bridgehead atoms. The molecule has 0 saturated carbocycles. The molecule has 2 heterocycles. The van der Waals surface area contributed by atoms with Gasteiger partial charge in [-0.1, -0.05) is 18.2 Å².